The third kappa shape index (κ3) is 2.41. The van der Waals surface area contributed by atoms with E-state index in [4.69, 9.17) is 21.1 Å². The van der Waals surface area contributed by atoms with Gasteiger partial charge in [-0.2, -0.15) is 0 Å². The minimum Gasteiger partial charge on any atom is -0.454 e. The maximum absolute atomic E-state index is 6.21. The van der Waals surface area contributed by atoms with Gasteiger partial charge in [-0.1, -0.05) is 11.6 Å². The molecule has 4 heteroatoms. The van der Waals surface area contributed by atoms with E-state index in [1.807, 2.05) is 12.1 Å². The molecule has 0 unspecified atom stereocenters. The van der Waals surface area contributed by atoms with E-state index in [0.29, 0.717) is 16.8 Å². The molecule has 0 atom stereocenters. The van der Waals surface area contributed by atoms with E-state index in [1.54, 1.807) is 0 Å². The van der Waals surface area contributed by atoms with Crippen molar-refractivity contribution in [2.75, 3.05) is 6.79 Å². The van der Waals surface area contributed by atoms with Crippen LogP contribution in [0.15, 0.2) is 12.1 Å². The molecule has 2 fully saturated rings. The van der Waals surface area contributed by atoms with E-state index < -0.39 is 0 Å². The zero-order valence-corrected chi connectivity index (χ0v) is 11.6. The predicted molar refractivity (Wildman–Crippen MR) is 73.7 cm³/mol. The van der Waals surface area contributed by atoms with Crippen molar-refractivity contribution in [3.63, 3.8) is 0 Å². The number of fused-ring (bicyclic) bond motifs is 1. The summed E-state index contributed by atoms with van der Waals surface area (Å²) in [6, 6.07) is 4.74. The molecule has 2 aliphatic carbocycles. The van der Waals surface area contributed by atoms with Crippen LogP contribution in [-0.2, 0) is 6.54 Å². The molecule has 4 rings (SSSR count). The van der Waals surface area contributed by atoms with E-state index in [0.717, 1.165) is 24.1 Å². The summed E-state index contributed by atoms with van der Waals surface area (Å²) in [6.07, 6.45) is 5.60. The van der Waals surface area contributed by atoms with Crippen LogP contribution >= 0.6 is 11.6 Å². The van der Waals surface area contributed by atoms with Crippen molar-refractivity contribution >= 4 is 11.6 Å². The van der Waals surface area contributed by atoms with Gasteiger partial charge in [-0.25, -0.2) is 0 Å². The topological polar surface area (TPSA) is 30.5 Å². The van der Waals surface area contributed by atoms with Gasteiger partial charge in [0, 0.05) is 12.6 Å². The third-order valence-electron chi connectivity index (χ3n) is 4.29. The van der Waals surface area contributed by atoms with Crippen LogP contribution in [0.3, 0.4) is 0 Å². The second-order valence-electron chi connectivity index (χ2n) is 5.89. The Labute approximate surface area is 118 Å². The summed E-state index contributed by atoms with van der Waals surface area (Å²) in [5, 5.41) is 4.38. The Bertz CT molecular complexity index is 485. The van der Waals surface area contributed by atoms with E-state index in [-0.39, 0.29) is 6.79 Å². The van der Waals surface area contributed by atoms with Gasteiger partial charge in [0.15, 0.2) is 11.5 Å². The first-order valence-electron chi connectivity index (χ1n) is 7.12. The lowest BCUT2D eigenvalue weighted by Crippen LogP contribution is -2.32. The van der Waals surface area contributed by atoms with Crippen LogP contribution in [0.5, 0.6) is 11.5 Å². The van der Waals surface area contributed by atoms with Crippen molar-refractivity contribution in [3.8, 4) is 11.5 Å². The Morgan fingerprint density at radius 2 is 1.89 bits per heavy atom. The average Bonchev–Trinajstić information content (AvgIpc) is 3.30. The molecule has 102 valence electrons. The maximum atomic E-state index is 6.21. The highest BCUT2D eigenvalue weighted by atomic mass is 35.5. The number of ether oxygens (including phenoxy) is 2. The summed E-state index contributed by atoms with van der Waals surface area (Å²) in [7, 11) is 0. The molecular formula is C15H18ClNO2. The number of hydrogen-bond donors (Lipinski definition) is 1. The van der Waals surface area contributed by atoms with Crippen LogP contribution in [-0.4, -0.2) is 12.8 Å². The maximum Gasteiger partial charge on any atom is 0.231 e. The molecule has 1 N–H and O–H groups in total. The molecule has 1 aromatic rings. The second kappa shape index (κ2) is 4.57. The average molecular weight is 280 g/mol. The summed E-state index contributed by atoms with van der Waals surface area (Å²) in [6.45, 7) is 1.15. The molecule has 3 nitrogen and oxygen atoms in total. The largest absolute Gasteiger partial charge is 0.454 e. The van der Waals surface area contributed by atoms with Crippen LogP contribution in [0.2, 0.25) is 5.02 Å². The van der Waals surface area contributed by atoms with Gasteiger partial charge in [0.05, 0.1) is 5.02 Å². The molecule has 0 spiro atoms. The van der Waals surface area contributed by atoms with Crippen molar-refractivity contribution < 1.29 is 9.47 Å². The van der Waals surface area contributed by atoms with Gasteiger partial charge < -0.3 is 14.8 Å². The van der Waals surface area contributed by atoms with Crippen LogP contribution in [0.4, 0.5) is 0 Å². The minimum atomic E-state index is 0.276. The van der Waals surface area contributed by atoms with E-state index in [2.05, 4.69) is 5.32 Å². The van der Waals surface area contributed by atoms with E-state index in [9.17, 15) is 0 Å². The van der Waals surface area contributed by atoms with Gasteiger partial charge in [-0.3, -0.25) is 0 Å². The van der Waals surface area contributed by atoms with E-state index >= 15 is 0 Å². The third-order valence-corrected chi connectivity index (χ3v) is 4.57. The molecule has 0 amide bonds. The van der Waals surface area contributed by atoms with Crippen molar-refractivity contribution in [2.45, 2.75) is 38.3 Å². The lowest BCUT2D eigenvalue weighted by molar-refractivity contribution is 0.174. The van der Waals surface area contributed by atoms with Gasteiger partial charge in [0.1, 0.15) is 0 Å². The Kier molecular flexibility index (Phi) is 2.85. The van der Waals surface area contributed by atoms with Crippen molar-refractivity contribution in [1.82, 2.24) is 5.32 Å². The lowest BCUT2D eigenvalue weighted by Gasteiger charge is -2.18. The van der Waals surface area contributed by atoms with Gasteiger partial charge in [-0.05, 0) is 55.2 Å². The monoisotopic (exact) mass is 279 g/mol. The fourth-order valence-electron chi connectivity index (χ4n) is 2.99. The fourth-order valence-corrected chi connectivity index (χ4v) is 3.28. The summed E-state index contributed by atoms with van der Waals surface area (Å²) >= 11 is 6.21. The first-order chi connectivity index (χ1) is 9.31. The standard InChI is InChI=1S/C15H18ClNO2/c16-12-5-9(6-13-15(12)19-8-18-13)7-17-14(10-1-2-10)11-3-4-11/h5-6,10-11,14,17H,1-4,7-8H2. The summed E-state index contributed by atoms with van der Waals surface area (Å²) in [4.78, 5) is 0. The smallest absolute Gasteiger partial charge is 0.231 e. The van der Waals surface area contributed by atoms with Gasteiger partial charge >= 0.3 is 0 Å². The van der Waals surface area contributed by atoms with E-state index in [1.165, 1.54) is 31.2 Å². The summed E-state index contributed by atoms with van der Waals surface area (Å²) in [5.74, 6) is 3.29. The molecule has 1 aliphatic heterocycles. The SMILES string of the molecule is Clc1cc(CNC(C2CC2)C2CC2)cc2c1OCO2. The van der Waals surface area contributed by atoms with Gasteiger partial charge in [0.2, 0.25) is 6.79 Å². The molecule has 3 aliphatic rings. The quantitative estimate of drug-likeness (QED) is 0.897. The molecule has 1 aromatic carbocycles. The molecule has 0 saturated heterocycles. The zero-order chi connectivity index (χ0) is 12.8. The van der Waals surface area contributed by atoms with Gasteiger partial charge in [0.25, 0.3) is 0 Å². The molecule has 1 heterocycles. The molecular weight excluding hydrogens is 262 g/mol. The number of nitrogens with one attached hydrogen (secondary N) is 1. The highest BCUT2D eigenvalue weighted by Gasteiger charge is 2.40. The van der Waals surface area contributed by atoms with Crippen molar-refractivity contribution in [2.24, 2.45) is 11.8 Å². The summed E-state index contributed by atoms with van der Waals surface area (Å²) in [5.41, 5.74) is 1.18. The van der Waals surface area contributed by atoms with Crippen LogP contribution in [0.25, 0.3) is 0 Å². The molecule has 19 heavy (non-hydrogen) atoms. The number of hydrogen-bond acceptors (Lipinski definition) is 3. The highest BCUT2D eigenvalue weighted by molar-refractivity contribution is 6.32. The zero-order valence-electron chi connectivity index (χ0n) is 10.8. The van der Waals surface area contributed by atoms with Crippen LogP contribution in [0, 0.1) is 11.8 Å². The van der Waals surface area contributed by atoms with Crippen molar-refractivity contribution in [1.29, 1.82) is 0 Å². The Hall–Kier alpha value is -0.930. The number of benzene rings is 1. The molecule has 2 saturated carbocycles. The van der Waals surface area contributed by atoms with Gasteiger partial charge in [-0.15, -0.1) is 0 Å². The predicted octanol–water partition coefficient (Wildman–Crippen LogP) is 3.35. The first kappa shape index (κ1) is 11.9. The normalized spacial score (nSPS) is 21.2. The minimum absolute atomic E-state index is 0.276. The van der Waals surface area contributed by atoms with Crippen LogP contribution in [0.1, 0.15) is 31.2 Å². The number of rotatable bonds is 5. The van der Waals surface area contributed by atoms with Crippen LogP contribution < -0.4 is 14.8 Å². The lowest BCUT2D eigenvalue weighted by atomic mass is 10.1. The Morgan fingerprint density at radius 3 is 2.58 bits per heavy atom. The molecule has 0 aromatic heterocycles. The second-order valence-corrected chi connectivity index (χ2v) is 6.30. The first-order valence-corrected chi connectivity index (χ1v) is 7.50. The Morgan fingerprint density at radius 1 is 1.16 bits per heavy atom. The fraction of sp³-hybridized carbons (Fsp3) is 0.600. The summed E-state index contributed by atoms with van der Waals surface area (Å²) < 4.78 is 10.7. The molecule has 0 radical (unpaired) electrons. The van der Waals surface area contributed by atoms with Crippen molar-refractivity contribution in [3.05, 3.63) is 22.7 Å². The molecule has 0 bridgehead atoms. The number of halogens is 1. The Balaban J connectivity index is 1.46. The highest BCUT2D eigenvalue weighted by Crippen LogP contribution is 2.45.